The molecule has 0 radical (unpaired) electrons. The molecule has 1 aliphatic rings. The lowest BCUT2D eigenvalue weighted by atomic mass is 10.1. The molecule has 28 heavy (non-hydrogen) atoms. The Hall–Kier alpha value is -3.26. The third-order valence-electron chi connectivity index (χ3n) is 4.25. The Morgan fingerprint density at radius 3 is 2.43 bits per heavy atom. The van der Waals surface area contributed by atoms with Crippen LogP contribution in [0.15, 0.2) is 54.7 Å². The summed E-state index contributed by atoms with van der Waals surface area (Å²) in [5, 5.41) is 9.34. The van der Waals surface area contributed by atoms with Crippen molar-refractivity contribution in [2.24, 2.45) is 0 Å². The lowest BCUT2D eigenvalue weighted by molar-refractivity contribution is -0.139. The van der Waals surface area contributed by atoms with Crippen molar-refractivity contribution in [1.82, 2.24) is 4.90 Å². The quantitative estimate of drug-likeness (QED) is 0.751. The van der Waals surface area contributed by atoms with Crippen molar-refractivity contribution in [3.8, 4) is 5.75 Å². The number of thiocarbonyl (C=S) groups is 1. The summed E-state index contributed by atoms with van der Waals surface area (Å²) in [6, 6.07) is 11.5. The van der Waals surface area contributed by atoms with Crippen molar-refractivity contribution >= 4 is 41.0 Å². The summed E-state index contributed by atoms with van der Waals surface area (Å²) in [4.78, 5) is 26.8. The van der Waals surface area contributed by atoms with Crippen LogP contribution < -0.4 is 9.64 Å². The number of ether oxygens (including phenoxy) is 1. The first-order valence-corrected chi connectivity index (χ1v) is 8.77. The normalized spacial score (nSPS) is 16.9. The maximum Gasteiger partial charge on any atom is 0.306 e. The number of hydrogen-bond acceptors (Lipinski definition) is 4. The monoisotopic (exact) mass is 400 g/mol. The number of rotatable bonds is 6. The zero-order chi connectivity index (χ0) is 20.3. The van der Waals surface area contributed by atoms with Crippen LogP contribution in [0.3, 0.4) is 0 Å². The highest BCUT2D eigenvalue weighted by Gasteiger charge is 2.43. The first-order valence-electron chi connectivity index (χ1n) is 8.36. The molecular formula is C20H17FN2O4S. The maximum atomic E-state index is 13.2. The van der Waals surface area contributed by atoms with Crippen LogP contribution in [0.4, 0.5) is 10.1 Å². The van der Waals surface area contributed by atoms with Gasteiger partial charge in [-0.1, -0.05) is 12.1 Å². The molecule has 144 valence electrons. The highest BCUT2D eigenvalue weighted by Crippen LogP contribution is 2.28. The zero-order valence-corrected chi connectivity index (χ0v) is 15.7. The van der Waals surface area contributed by atoms with Gasteiger partial charge in [-0.15, -0.1) is 0 Å². The largest absolute Gasteiger partial charge is 0.497 e. The van der Waals surface area contributed by atoms with Crippen molar-refractivity contribution in [1.29, 1.82) is 0 Å². The van der Waals surface area contributed by atoms with Gasteiger partial charge in [0, 0.05) is 6.20 Å². The van der Waals surface area contributed by atoms with Gasteiger partial charge in [0.2, 0.25) is 0 Å². The predicted molar refractivity (Wildman–Crippen MR) is 106 cm³/mol. The topological polar surface area (TPSA) is 70.1 Å². The predicted octanol–water partition coefficient (Wildman–Crippen LogP) is 3.28. The minimum Gasteiger partial charge on any atom is -0.497 e. The molecule has 1 fully saturated rings. The van der Waals surface area contributed by atoms with Gasteiger partial charge in [0.25, 0.3) is 5.91 Å². The summed E-state index contributed by atoms with van der Waals surface area (Å²) in [5.41, 5.74) is 1.21. The molecule has 0 aromatic heterocycles. The number of hydrogen-bond donors (Lipinski definition) is 1. The van der Waals surface area contributed by atoms with E-state index in [4.69, 9.17) is 17.0 Å². The molecule has 0 bridgehead atoms. The zero-order valence-electron chi connectivity index (χ0n) is 14.9. The van der Waals surface area contributed by atoms with E-state index in [1.54, 1.807) is 31.5 Å². The van der Waals surface area contributed by atoms with Crippen molar-refractivity contribution in [2.45, 2.75) is 12.5 Å². The molecule has 1 aliphatic heterocycles. The van der Waals surface area contributed by atoms with Gasteiger partial charge in [0.05, 0.1) is 19.2 Å². The average molecular weight is 400 g/mol. The van der Waals surface area contributed by atoms with Gasteiger partial charge in [0.15, 0.2) is 5.11 Å². The molecule has 3 rings (SSSR count). The number of halogens is 1. The second-order valence-electron chi connectivity index (χ2n) is 6.04. The molecule has 1 unspecified atom stereocenters. The molecule has 1 saturated heterocycles. The van der Waals surface area contributed by atoms with E-state index in [0.29, 0.717) is 11.4 Å². The van der Waals surface area contributed by atoms with Crippen LogP contribution in [0, 0.1) is 5.82 Å². The van der Waals surface area contributed by atoms with Crippen molar-refractivity contribution in [3.63, 3.8) is 0 Å². The maximum absolute atomic E-state index is 13.2. The molecule has 0 saturated carbocycles. The molecule has 6 nitrogen and oxygen atoms in total. The Morgan fingerprint density at radius 1 is 1.21 bits per heavy atom. The smallest absolute Gasteiger partial charge is 0.306 e. The fraction of sp³-hybridized carbons (Fsp3) is 0.150. The van der Waals surface area contributed by atoms with Crippen molar-refractivity contribution < 1.29 is 23.8 Å². The van der Waals surface area contributed by atoms with Crippen LogP contribution in [-0.2, 0) is 9.59 Å². The first-order chi connectivity index (χ1) is 13.4. The van der Waals surface area contributed by atoms with Gasteiger partial charge in [-0.3, -0.25) is 14.5 Å². The molecule has 1 heterocycles. The number of carbonyl (C=O) groups is 2. The van der Waals surface area contributed by atoms with Gasteiger partial charge in [-0.25, -0.2) is 4.39 Å². The summed E-state index contributed by atoms with van der Waals surface area (Å²) in [5.74, 6) is -1.33. The van der Waals surface area contributed by atoms with E-state index in [0.717, 1.165) is 5.56 Å². The number of aliphatic carboxylic acids is 1. The van der Waals surface area contributed by atoms with E-state index in [1.165, 1.54) is 34.1 Å². The SMILES string of the molecule is COc1ccc(/C=C\N2C(=S)N(c3ccc(F)cc3)C(=O)C2CC(=O)O)cc1. The number of benzene rings is 2. The fourth-order valence-electron chi connectivity index (χ4n) is 2.84. The summed E-state index contributed by atoms with van der Waals surface area (Å²) >= 11 is 5.41. The number of carboxylic acids is 1. The third-order valence-corrected chi connectivity index (χ3v) is 4.64. The minimum atomic E-state index is -1.12. The highest BCUT2D eigenvalue weighted by molar-refractivity contribution is 7.80. The molecule has 1 amide bonds. The summed E-state index contributed by atoms with van der Waals surface area (Å²) in [6.45, 7) is 0. The molecule has 8 heteroatoms. The first kappa shape index (κ1) is 19.5. The Balaban J connectivity index is 1.90. The molecule has 1 N–H and O–H groups in total. The summed E-state index contributed by atoms with van der Waals surface area (Å²) in [6.07, 6.45) is 2.89. The number of anilines is 1. The van der Waals surface area contributed by atoms with E-state index in [2.05, 4.69) is 0 Å². The van der Waals surface area contributed by atoms with Crippen LogP contribution in [0.25, 0.3) is 6.08 Å². The molecule has 2 aromatic carbocycles. The fourth-order valence-corrected chi connectivity index (χ4v) is 3.22. The minimum absolute atomic E-state index is 0.132. The van der Waals surface area contributed by atoms with E-state index in [1.807, 2.05) is 12.1 Å². The number of carbonyl (C=O) groups excluding carboxylic acids is 1. The van der Waals surface area contributed by atoms with Crippen LogP contribution in [0.5, 0.6) is 5.75 Å². The number of carboxylic acid groups (broad SMARTS) is 1. The van der Waals surface area contributed by atoms with E-state index < -0.39 is 30.2 Å². The lowest BCUT2D eigenvalue weighted by Crippen LogP contribution is -2.33. The van der Waals surface area contributed by atoms with Crippen LogP contribution >= 0.6 is 12.2 Å². The number of nitrogens with zero attached hydrogens (tertiary/aromatic N) is 2. The molecular weight excluding hydrogens is 383 g/mol. The Kier molecular flexibility index (Phi) is 5.70. The van der Waals surface area contributed by atoms with Crippen LogP contribution in [0.2, 0.25) is 0 Å². The second-order valence-corrected chi connectivity index (χ2v) is 6.41. The Morgan fingerprint density at radius 2 is 1.86 bits per heavy atom. The average Bonchev–Trinajstić information content (AvgIpc) is 2.90. The van der Waals surface area contributed by atoms with Crippen LogP contribution in [-0.4, -0.2) is 40.1 Å². The molecule has 0 aliphatic carbocycles. The van der Waals surface area contributed by atoms with Crippen molar-refractivity contribution in [3.05, 3.63) is 66.1 Å². The van der Waals surface area contributed by atoms with Crippen LogP contribution in [0.1, 0.15) is 12.0 Å². The molecule has 2 aromatic rings. The lowest BCUT2D eigenvalue weighted by Gasteiger charge is -2.19. The highest BCUT2D eigenvalue weighted by atomic mass is 32.1. The van der Waals surface area contributed by atoms with E-state index >= 15 is 0 Å². The third kappa shape index (κ3) is 4.01. The number of methoxy groups -OCH3 is 1. The van der Waals surface area contributed by atoms with Gasteiger partial charge >= 0.3 is 5.97 Å². The van der Waals surface area contributed by atoms with Gasteiger partial charge < -0.3 is 14.7 Å². The Labute approximate surface area is 166 Å². The van der Waals surface area contributed by atoms with E-state index in [-0.39, 0.29) is 5.11 Å². The summed E-state index contributed by atoms with van der Waals surface area (Å²) < 4.78 is 18.3. The summed E-state index contributed by atoms with van der Waals surface area (Å²) in [7, 11) is 1.57. The Bertz CT molecular complexity index is 928. The molecule has 0 spiro atoms. The van der Waals surface area contributed by atoms with Gasteiger partial charge in [-0.2, -0.15) is 0 Å². The van der Waals surface area contributed by atoms with Gasteiger partial charge in [-0.05, 0) is 60.3 Å². The number of amides is 1. The molecule has 1 atom stereocenters. The standard InChI is InChI=1S/C20H17FN2O4S/c1-27-16-8-2-13(3-9-16)10-11-22-17(12-18(24)25)19(26)23(20(22)28)15-6-4-14(21)5-7-15/h2-11,17H,12H2,1H3,(H,24,25)/b11-10-. The van der Waals surface area contributed by atoms with Crippen molar-refractivity contribution in [2.75, 3.05) is 12.0 Å². The van der Waals surface area contributed by atoms with E-state index in [9.17, 15) is 19.1 Å². The second kappa shape index (κ2) is 8.18. The van der Waals surface area contributed by atoms with Gasteiger partial charge in [0.1, 0.15) is 17.6 Å².